The largest absolute Gasteiger partial charge is 0.480 e. The zero-order valence-electron chi connectivity index (χ0n) is 9.84. The summed E-state index contributed by atoms with van der Waals surface area (Å²) in [6.45, 7) is 1.63. The molecule has 2 amide bonds. The summed E-state index contributed by atoms with van der Waals surface area (Å²) in [6, 6.07) is 0. The van der Waals surface area contributed by atoms with Crippen molar-refractivity contribution in [3.63, 3.8) is 0 Å². The van der Waals surface area contributed by atoms with Gasteiger partial charge >= 0.3 is 5.97 Å². The van der Waals surface area contributed by atoms with E-state index < -0.39 is 11.9 Å². The summed E-state index contributed by atoms with van der Waals surface area (Å²) < 4.78 is 0. The minimum atomic E-state index is -1.07. The number of likely N-dealkylation sites (N-methyl/N-ethyl adjacent to an activating group) is 1. The van der Waals surface area contributed by atoms with E-state index in [9.17, 15) is 14.4 Å². The minimum absolute atomic E-state index is 0.150. The van der Waals surface area contributed by atoms with Crippen LogP contribution in [0, 0.1) is 0 Å². The molecule has 0 atom stereocenters. The van der Waals surface area contributed by atoms with Crippen LogP contribution in [0.2, 0.25) is 0 Å². The molecule has 0 radical (unpaired) electrons. The summed E-state index contributed by atoms with van der Waals surface area (Å²) in [7, 11) is 1.47. The predicted octanol–water partition coefficient (Wildman–Crippen LogP) is -0.472. The van der Waals surface area contributed by atoms with Crippen LogP contribution >= 0.6 is 0 Å². The molecule has 7 nitrogen and oxygen atoms in total. The molecule has 0 saturated heterocycles. The second-order valence-electron chi connectivity index (χ2n) is 3.68. The fraction of sp³-hybridized carbons (Fsp3) is 0.600. The van der Waals surface area contributed by atoms with Crippen molar-refractivity contribution in [3.8, 4) is 0 Å². The van der Waals surface area contributed by atoms with Crippen molar-refractivity contribution >= 4 is 23.5 Å². The van der Waals surface area contributed by atoms with Crippen molar-refractivity contribution in [2.24, 2.45) is 5.10 Å². The lowest BCUT2D eigenvalue weighted by Crippen LogP contribution is -2.42. The first kappa shape index (κ1) is 13.1. The number of hydrogen-bond acceptors (Lipinski definition) is 4. The quantitative estimate of drug-likeness (QED) is 0.720. The Hall–Kier alpha value is -1.92. The molecule has 7 heteroatoms. The lowest BCUT2D eigenvalue weighted by Gasteiger charge is -2.23. The highest BCUT2D eigenvalue weighted by molar-refractivity contribution is 6.39. The number of carboxylic acid groups (broad SMARTS) is 1. The third-order valence-electron chi connectivity index (χ3n) is 2.45. The summed E-state index contributed by atoms with van der Waals surface area (Å²) in [5, 5.41) is 13.6. The van der Waals surface area contributed by atoms with Gasteiger partial charge in [-0.05, 0) is 6.92 Å². The van der Waals surface area contributed by atoms with Gasteiger partial charge in [0.2, 0.25) is 5.91 Å². The van der Waals surface area contributed by atoms with E-state index in [1.807, 2.05) is 0 Å². The van der Waals surface area contributed by atoms with Crippen LogP contribution < -0.4 is 0 Å². The smallest absolute Gasteiger partial charge is 0.323 e. The van der Waals surface area contributed by atoms with E-state index in [0.717, 1.165) is 5.01 Å². The molecule has 0 spiro atoms. The fourth-order valence-electron chi connectivity index (χ4n) is 1.50. The molecule has 17 heavy (non-hydrogen) atoms. The Morgan fingerprint density at radius 2 is 2.12 bits per heavy atom. The van der Waals surface area contributed by atoms with Crippen LogP contribution in [0.5, 0.6) is 0 Å². The number of carboxylic acids is 1. The number of hydrogen-bond donors (Lipinski definition) is 1. The van der Waals surface area contributed by atoms with Gasteiger partial charge in [0.15, 0.2) is 0 Å². The molecule has 0 fully saturated rings. The molecule has 0 aliphatic carbocycles. The van der Waals surface area contributed by atoms with Crippen molar-refractivity contribution in [3.05, 3.63) is 0 Å². The van der Waals surface area contributed by atoms with Crippen LogP contribution in [0.1, 0.15) is 19.8 Å². The highest BCUT2D eigenvalue weighted by Crippen LogP contribution is 2.09. The van der Waals surface area contributed by atoms with E-state index in [2.05, 4.69) is 5.10 Å². The first-order valence-electron chi connectivity index (χ1n) is 5.30. The van der Waals surface area contributed by atoms with E-state index in [-0.39, 0.29) is 31.0 Å². The first-order chi connectivity index (χ1) is 7.95. The van der Waals surface area contributed by atoms with Crippen molar-refractivity contribution in [1.29, 1.82) is 0 Å². The molecule has 0 aromatic heterocycles. The predicted molar refractivity (Wildman–Crippen MR) is 59.3 cm³/mol. The standard InChI is InChI=1S/C10H15N3O4/c1-3-13(6-9(15)16)10(17)7-4-5-8(14)12(2)11-7/h3-6H2,1-2H3,(H,15,16). The number of carbonyl (C=O) groups excluding carboxylic acids is 2. The SMILES string of the molecule is CCN(CC(=O)O)C(=O)C1=NN(C)C(=O)CC1. The summed E-state index contributed by atoms with van der Waals surface area (Å²) in [5.41, 5.74) is 0.232. The molecular weight excluding hydrogens is 226 g/mol. The highest BCUT2D eigenvalue weighted by Gasteiger charge is 2.26. The molecule has 0 aromatic rings. The zero-order chi connectivity index (χ0) is 13.0. The lowest BCUT2D eigenvalue weighted by molar-refractivity contribution is -0.142. The molecule has 1 aliphatic heterocycles. The van der Waals surface area contributed by atoms with Crippen LogP contribution in [-0.2, 0) is 14.4 Å². The summed E-state index contributed by atoms with van der Waals surface area (Å²) in [6.07, 6.45) is 0.490. The number of aliphatic carboxylic acids is 1. The molecule has 0 aromatic carbocycles. The third-order valence-corrected chi connectivity index (χ3v) is 2.45. The van der Waals surface area contributed by atoms with Gasteiger partial charge in [0.05, 0.1) is 0 Å². The van der Waals surface area contributed by atoms with Gasteiger partial charge in [-0.15, -0.1) is 0 Å². The number of hydrazone groups is 1. The van der Waals surface area contributed by atoms with Crippen molar-refractivity contribution in [2.45, 2.75) is 19.8 Å². The Morgan fingerprint density at radius 1 is 1.47 bits per heavy atom. The fourth-order valence-corrected chi connectivity index (χ4v) is 1.50. The van der Waals surface area contributed by atoms with Crippen molar-refractivity contribution in [2.75, 3.05) is 20.1 Å². The van der Waals surface area contributed by atoms with Gasteiger partial charge in [-0.3, -0.25) is 14.4 Å². The molecule has 1 rings (SSSR count). The average molecular weight is 241 g/mol. The maximum Gasteiger partial charge on any atom is 0.323 e. The Bertz CT molecular complexity index is 378. The molecule has 0 unspecified atom stereocenters. The minimum Gasteiger partial charge on any atom is -0.480 e. The van der Waals surface area contributed by atoms with Crippen LogP contribution in [0.3, 0.4) is 0 Å². The highest BCUT2D eigenvalue weighted by atomic mass is 16.4. The maximum absolute atomic E-state index is 11.9. The normalized spacial score (nSPS) is 15.5. The summed E-state index contributed by atoms with van der Waals surface area (Å²) in [4.78, 5) is 34.8. The van der Waals surface area contributed by atoms with E-state index in [4.69, 9.17) is 5.11 Å². The van der Waals surface area contributed by atoms with Gasteiger partial charge in [0, 0.05) is 26.4 Å². The van der Waals surface area contributed by atoms with Gasteiger partial charge in [0.1, 0.15) is 12.3 Å². The first-order valence-corrected chi connectivity index (χ1v) is 5.30. The summed E-state index contributed by atoms with van der Waals surface area (Å²) in [5.74, 6) is -1.64. The van der Waals surface area contributed by atoms with Crippen LogP contribution in [0.25, 0.3) is 0 Å². The Morgan fingerprint density at radius 3 is 2.59 bits per heavy atom. The topological polar surface area (TPSA) is 90.3 Å². The lowest BCUT2D eigenvalue weighted by atomic mass is 10.1. The monoisotopic (exact) mass is 241 g/mol. The van der Waals surface area contributed by atoms with Crippen molar-refractivity contribution in [1.82, 2.24) is 9.91 Å². The van der Waals surface area contributed by atoms with E-state index in [1.165, 1.54) is 11.9 Å². The summed E-state index contributed by atoms with van der Waals surface area (Å²) >= 11 is 0. The van der Waals surface area contributed by atoms with Gasteiger partial charge in [-0.1, -0.05) is 0 Å². The molecule has 1 aliphatic rings. The van der Waals surface area contributed by atoms with Crippen molar-refractivity contribution < 1.29 is 19.5 Å². The van der Waals surface area contributed by atoms with Gasteiger partial charge in [0.25, 0.3) is 5.91 Å². The molecule has 0 bridgehead atoms. The third kappa shape index (κ3) is 3.27. The zero-order valence-corrected chi connectivity index (χ0v) is 9.84. The maximum atomic E-state index is 11.9. The van der Waals surface area contributed by atoms with Gasteiger partial charge < -0.3 is 10.0 Å². The van der Waals surface area contributed by atoms with Crippen LogP contribution in [0.15, 0.2) is 5.10 Å². The van der Waals surface area contributed by atoms with Crippen LogP contribution in [-0.4, -0.2) is 58.6 Å². The van der Waals surface area contributed by atoms with Crippen LogP contribution in [0.4, 0.5) is 0 Å². The van der Waals surface area contributed by atoms with E-state index in [1.54, 1.807) is 6.92 Å². The molecule has 0 saturated carbocycles. The molecule has 1 N–H and O–H groups in total. The van der Waals surface area contributed by atoms with E-state index >= 15 is 0 Å². The average Bonchev–Trinajstić information content (AvgIpc) is 2.28. The Kier molecular flexibility index (Phi) is 4.19. The number of nitrogens with zero attached hydrogens (tertiary/aromatic N) is 3. The number of amides is 2. The molecular formula is C10H15N3O4. The Labute approximate surface area is 98.7 Å². The van der Waals surface area contributed by atoms with E-state index in [0.29, 0.717) is 6.54 Å². The van der Waals surface area contributed by atoms with Gasteiger partial charge in [-0.25, -0.2) is 5.01 Å². The molecule has 94 valence electrons. The number of carbonyl (C=O) groups is 3. The molecule has 1 heterocycles. The van der Waals surface area contributed by atoms with Gasteiger partial charge in [-0.2, -0.15) is 5.10 Å². The second-order valence-corrected chi connectivity index (χ2v) is 3.68. The number of rotatable bonds is 4. The Balaban J connectivity index is 2.78. The second kappa shape index (κ2) is 5.42.